The quantitative estimate of drug-likeness (QED) is 0.518. The van der Waals surface area contributed by atoms with Crippen molar-refractivity contribution in [2.24, 2.45) is 11.7 Å². The largest absolute Gasteiger partial charge is 0.481 e. The van der Waals surface area contributed by atoms with Crippen LogP contribution in [0.5, 0.6) is 0 Å². The maximum absolute atomic E-state index is 10.9. The Labute approximate surface area is 160 Å². The van der Waals surface area contributed by atoms with Crippen LogP contribution in [0.3, 0.4) is 0 Å². The van der Waals surface area contributed by atoms with Gasteiger partial charge in [0.2, 0.25) is 0 Å². The number of likely N-dealkylation sites (tertiary alicyclic amines) is 1. The normalized spacial score (nSPS) is 17.6. The Balaban J connectivity index is 1.54. The molecule has 1 heterocycles. The van der Waals surface area contributed by atoms with Crippen LogP contribution in [0, 0.1) is 11.3 Å². The zero-order chi connectivity index (χ0) is 19.2. The van der Waals surface area contributed by atoms with Gasteiger partial charge in [-0.1, -0.05) is 48.5 Å². The summed E-state index contributed by atoms with van der Waals surface area (Å²) < 4.78 is 0. The SMILES string of the molecule is N=C(N)c1ccc(-c2ccc(CCN3CCCC(CC(=O)O)C3)cc2)cc1. The molecule has 1 atom stereocenters. The number of nitrogens with two attached hydrogens (primary N) is 1. The van der Waals surface area contributed by atoms with E-state index in [1.54, 1.807) is 0 Å². The second-order valence-electron chi connectivity index (χ2n) is 7.34. The molecule has 1 aliphatic rings. The van der Waals surface area contributed by atoms with Gasteiger partial charge in [0.05, 0.1) is 0 Å². The van der Waals surface area contributed by atoms with E-state index in [2.05, 4.69) is 29.2 Å². The van der Waals surface area contributed by atoms with Gasteiger partial charge in [-0.3, -0.25) is 10.2 Å². The molecule has 5 heteroatoms. The summed E-state index contributed by atoms with van der Waals surface area (Å²) in [6, 6.07) is 16.3. The number of nitrogens with zero attached hydrogens (tertiary/aromatic N) is 1. The van der Waals surface area contributed by atoms with Gasteiger partial charge in [0.15, 0.2) is 0 Å². The Bertz CT molecular complexity index is 784. The molecule has 3 rings (SSSR count). The smallest absolute Gasteiger partial charge is 0.303 e. The fourth-order valence-electron chi connectivity index (χ4n) is 3.76. The van der Waals surface area contributed by atoms with Crippen molar-refractivity contribution < 1.29 is 9.90 Å². The number of nitrogens with one attached hydrogen (secondary N) is 1. The molecule has 1 fully saturated rings. The van der Waals surface area contributed by atoms with Gasteiger partial charge < -0.3 is 15.7 Å². The van der Waals surface area contributed by atoms with Crippen molar-refractivity contribution in [2.45, 2.75) is 25.7 Å². The molecule has 0 radical (unpaired) electrons. The van der Waals surface area contributed by atoms with Crippen molar-refractivity contribution in [2.75, 3.05) is 19.6 Å². The lowest BCUT2D eigenvalue weighted by Crippen LogP contribution is -2.37. The van der Waals surface area contributed by atoms with E-state index in [0.717, 1.165) is 55.6 Å². The first-order valence-electron chi connectivity index (χ1n) is 9.49. The molecule has 27 heavy (non-hydrogen) atoms. The highest BCUT2D eigenvalue weighted by molar-refractivity contribution is 5.95. The van der Waals surface area contributed by atoms with Crippen molar-refractivity contribution in [3.63, 3.8) is 0 Å². The Morgan fingerprint density at radius 2 is 1.74 bits per heavy atom. The first kappa shape index (κ1) is 19.1. The van der Waals surface area contributed by atoms with E-state index in [0.29, 0.717) is 0 Å². The molecule has 0 amide bonds. The van der Waals surface area contributed by atoms with Crippen LogP contribution < -0.4 is 5.73 Å². The van der Waals surface area contributed by atoms with Crippen LogP contribution in [-0.4, -0.2) is 41.4 Å². The topological polar surface area (TPSA) is 90.4 Å². The fraction of sp³-hybridized carbons (Fsp3) is 0.364. The summed E-state index contributed by atoms with van der Waals surface area (Å²) in [5.74, 6) is -0.314. The molecule has 0 aromatic heterocycles. The van der Waals surface area contributed by atoms with Crippen LogP contribution >= 0.6 is 0 Å². The van der Waals surface area contributed by atoms with E-state index >= 15 is 0 Å². The Morgan fingerprint density at radius 1 is 1.11 bits per heavy atom. The summed E-state index contributed by atoms with van der Waals surface area (Å²) >= 11 is 0. The maximum atomic E-state index is 10.9. The van der Waals surface area contributed by atoms with Crippen molar-refractivity contribution >= 4 is 11.8 Å². The van der Waals surface area contributed by atoms with Gasteiger partial charge in [-0.05, 0) is 48.4 Å². The highest BCUT2D eigenvalue weighted by Gasteiger charge is 2.21. The molecule has 4 N–H and O–H groups in total. The molecule has 1 saturated heterocycles. The lowest BCUT2D eigenvalue weighted by Gasteiger charge is -2.32. The number of carbonyl (C=O) groups is 1. The number of carboxylic acids is 1. The van der Waals surface area contributed by atoms with E-state index in [1.165, 1.54) is 5.56 Å². The molecule has 5 nitrogen and oxygen atoms in total. The lowest BCUT2D eigenvalue weighted by atomic mass is 9.94. The fourth-order valence-corrected chi connectivity index (χ4v) is 3.76. The summed E-state index contributed by atoms with van der Waals surface area (Å²) in [5, 5.41) is 16.4. The lowest BCUT2D eigenvalue weighted by molar-refractivity contribution is -0.138. The van der Waals surface area contributed by atoms with Crippen LogP contribution in [0.2, 0.25) is 0 Å². The Kier molecular flexibility index (Phi) is 6.24. The summed E-state index contributed by atoms with van der Waals surface area (Å²) in [4.78, 5) is 13.3. The molecule has 2 aromatic carbocycles. The number of nitrogen functional groups attached to an aromatic ring is 1. The first-order chi connectivity index (χ1) is 13.0. The predicted molar refractivity (Wildman–Crippen MR) is 108 cm³/mol. The van der Waals surface area contributed by atoms with Crippen molar-refractivity contribution in [3.05, 3.63) is 59.7 Å². The number of hydrogen-bond acceptors (Lipinski definition) is 3. The van der Waals surface area contributed by atoms with Gasteiger partial charge in [0.1, 0.15) is 5.84 Å². The van der Waals surface area contributed by atoms with E-state index < -0.39 is 5.97 Å². The van der Waals surface area contributed by atoms with Crippen molar-refractivity contribution in [1.29, 1.82) is 5.41 Å². The average Bonchev–Trinajstić information content (AvgIpc) is 2.67. The van der Waals surface area contributed by atoms with E-state index in [-0.39, 0.29) is 18.2 Å². The number of carboxylic acid groups (broad SMARTS) is 1. The molecule has 1 aliphatic heterocycles. The van der Waals surface area contributed by atoms with Gasteiger partial charge in [0.25, 0.3) is 0 Å². The van der Waals surface area contributed by atoms with Gasteiger partial charge in [-0.15, -0.1) is 0 Å². The minimum atomic E-state index is -0.686. The average molecular weight is 365 g/mol. The third-order valence-corrected chi connectivity index (χ3v) is 5.27. The van der Waals surface area contributed by atoms with Crippen LogP contribution in [0.15, 0.2) is 48.5 Å². The molecule has 0 aliphatic carbocycles. The second-order valence-corrected chi connectivity index (χ2v) is 7.34. The maximum Gasteiger partial charge on any atom is 0.303 e. The number of hydrogen-bond donors (Lipinski definition) is 3. The number of piperidine rings is 1. The van der Waals surface area contributed by atoms with Crippen LogP contribution in [-0.2, 0) is 11.2 Å². The van der Waals surface area contributed by atoms with E-state index in [1.807, 2.05) is 24.3 Å². The first-order valence-corrected chi connectivity index (χ1v) is 9.49. The zero-order valence-electron chi connectivity index (χ0n) is 15.5. The molecular formula is C22H27N3O2. The standard InChI is InChI=1S/C22H27N3O2/c23-22(24)20-9-7-19(8-10-20)18-5-3-16(4-6-18)11-13-25-12-1-2-17(15-25)14-21(26)27/h3-10,17H,1-2,11-15H2,(H3,23,24)(H,26,27). The molecule has 142 valence electrons. The van der Waals surface area contributed by atoms with Gasteiger partial charge >= 0.3 is 5.97 Å². The van der Waals surface area contributed by atoms with Gasteiger partial charge in [0, 0.05) is 25.1 Å². The minimum absolute atomic E-state index is 0.0835. The molecule has 0 bridgehead atoms. The number of benzene rings is 2. The number of amidine groups is 1. The second kappa shape index (κ2) is 8.82. The van der Waals surface area contributed by atoms with E-state index in [4.69, 9.17) is 16.2 Å². The molecule has 1 unspecified atom stereocenters. The van der Waals surface area contributed by atoms with Crippen LogP contribution in [0.25, 0.3) is 11.1 Å². The summed E-state index contributed by atoms with van der Waals surface area (Å²) in [7, 11) is 0. The third kappa shape index (κ3) is 5.41. The molecule has 0 spiro atoms. The van der Waals surface area contributed by atoms with Crippen LogP contribution in [0.1, 0.15) is 30.4 Å². The third-order valence-electron chi connectivity index (χ3n) is 5.27. The highest BCUT2D eigenvalue weighted by atomic mass is 16.4. The summed E-state index contributed by atoms with van der Waals surface area (Å²) in [5.41, 5.74) is 9.78. The summed E-state index contributed by atoms with van der Waals surface area (Å²) in [6.45, 7) is 2.94. The zero-order valence-corrected chi connectivity index (χ0v) is 15.5. The van der Waals surface area contributed by atoms with Crippen molar-refractivity contribution in [1.82, 2.24) is 4.90 Å². The van der Waals surface area contributed by atoms with Gasteiger partial charge in [-0.25, -0.2) is 0 Å². The summed E-state index contributed by atoms with van der Waals surface area (Å²) in [6.07, 6.45) is 3.38. The molecule has 2 aromatic rings. The number of aliphatic carboxylic acids is 1. The number of rotatable bonds is 7. The van der Waals surface area contributed by atoms with Crippen LogP contribution in [0.4, 0.5) is 0 Å². The Morgan fingerprint density at radius 3 is 2.33 bits per heavy atom. The molecular weight excluding hydrogens is 338 g/mol. The Hall–Kier alpha value is -2.66. The highest BCUT2D eigenvalue weighted by Crippen LogP contribution is 2.22. The van der Waals surface area contributed by atoms with E-state index in [9.17, 15) is 4.79 Å². The minimum Gasteiger partial charge on any atom is -0.481 e. The van der Waals surface area contributed by atoms with Gasteiger partial charge in [-0.2, -0.15) is 0 Å². The molecule has 0 saturated carbocycles. The predicted octanol–water partition coefficient (Wildman–Crippen LogP) is 3.37. The monoisotopic (exact) mass is 365 g/mol. The van der Waals surface area contributed by atoms with Crippen molar-refractivity contribution in [3.8, 4) is 11.1 Å².